The lowest BCUT2D eigenvalue weighted by molar-refractivity contribution is 0.0697. The van der Waals surface area contributed by atoms with Crippen molar-refractivity contribution in [2.75, 3.05) is 0 Å². The number of hydrogen-bond acceptors (Lipinski definition) is 4. The van der Waals surface area contributed by atoms with E-state index in [4.69, 9.17) is 9.63 Å². The molecule has 0 bridgehead atoms. The summed E-state index contributed by atoms with van der Waals surface area (Å²) < 4.78 is 4.72. The van der Waals surface area contributed by atoms with Crippen LogP contribution >= 0.6 is 0 Å². The van der Waals surface area contributed by atoms with Crippen LogP contribution in [0.2, 0.25) is 0 Å². The average Bonchev–Trinajstić information content (AvgIpc) is 2.96. The molecule has 2 N–H and O–H groups in total. The second kappa shape index (κ2) is 3.44. The predicted octanol–water partition coefficient (Wildman–Crippen LogP) is 1.92. The Labute approximate surface area is 94.9 Å². The fraction of sp³-hybridized carbons (Fsp3) is 0. The molecule has 0 aliphatic carbocycles. The third-order valence-electron chi connectivity index (χ3n) is 2.41. The molecule has 0 saturated carbocycles. The van der Waals surface area contributed by atoms with Gasteiger partial charge in [0.25, 0.3) is 0 Å². The number of aromatic nitrogens is 3. The number of carboxylic acids is 1. The quantitative estimate of drug-likeness (QED) is 0.700. The minimum absolute atomic E-state index is 0.216. The Hall–Kier alpha value is -2.63. The van der Waals surface area contributed by atoms with E-state index in [-0.39, 0.29) is 5.56 Å². The van der Waals surface area contributed by atoms with E-state index < -0.39 is 5.97 Å². The monoisotopic (exact) mass is 229 g/mol. The van der Waals surface area contributed by atoms with Crippen LogP contribution in [0, 0.1) is 0 Å². The van der Waals surface area contributed by atoms with Crippen molar-refractivity contribution >= 4 is 17.0 Å². The summed E-state index contributed by atoms with van der Waals surface area (Å²) in [5.41, 5.74) is 2.14. The summed E-state index contributed by atoms with van der Waals surface area (Å²) in [6, 6.07) is 6.38. The van der Waals surface area contributed by atoms with Gasteiger partial charge in [0.15, 0.2) is 5.82 Å². The first-order valence-electron chi connectivity index (χ1n) is 4.88. The molecule has 84 valence electrons. The van der Waals surface area contributed by atoms with Crippen LogP contribution in [0.1, 0.15) is 10.4 Å². The molecule has 6 nitrogen and oxygen atoms in total. The predicted molar refractivity (Wildman–Crippen MR) is 58.6 cm³/mol. The highest BCUT2D eigenvalue weighted by molar-refractivity contribution is 5.92. The zero-order chi connectivity index (χ0) is 11.8. The van der Waals surface area contributed by atoms with Crippen molar-refractivity contribution in [2.24, 2.45) is 0 Å². The molecule has 1 aromatic carbocycles. The van der Waals surface area contributed by atoms with Crippen molar-refractivity contribution < 1.29 is 14.4 Å². The summed E-state index contributed by atoms with van der Waals surface area (Å²) in [5, 5.41) is 12.6. The molecule has 3 aromatic rings. The lowest BCUT2D eigenvalue weighted by Crippen LogP contribution is -1.94. The highest BCUT2D eigenvalue weighted by Crippen LogP contribution is 2.19. The molecule has 17 heavy (non-hydrogen) atoms. The van der Waals surface area contributed by atoms with Gasteiger partial charge in [-0.2, -0.15) is 0 Å². The minimum Gasteiger partial charge on any atom is -0.478 e. The van der Waals surface area contributed by atoms with E-state index in [1.807, 2.05) is 0 Å². The Morgan fingerprint density at radius 2 is 2.24 bits per heavy atom. The second-order valence-corrected chi connectivity index (χ2v) is 3.51. The summed E-state index contributed by atoms with van der Waals surface area (Å²) in [4.78, 5) is 18.1. The summed E-state index contributed by atoms with van der Waals surface area (Å²) in [6.45, 7) is 0. The molecule has 0 unspecified atom stereocenters. The molecule has 0 aliphatic rings. The molecule has 3 rings (SSSR count). The highest BCUT2D eigenvalue weighted by Gasteiger charge is 2.10. The minimum atomic E-state index is -0.968. The van der Waals surface area contributed by atoms with Gasteiger partial charge in [-0.3, -0.25) is 0 Å². The van der Waals surface area contributed by atoms with E-state index in [2.05, 4.69) is 15.1 Å². The molecular formula is C11H7N3O3. The van der Waals surface area contributed by atoms with E-state index in [1.165, 1.54) is 18.4 Å². The van der Waals surface area contributed by atoms with Crippen molar-refractivity contribution in [3.8, 4) is 11.5 Å². The van der Waals surface area contributed by atoms with Crippen LogP contribution < -0.4 is 0 Å². The number of aromatic carboxylic acids is 1. The standard InChI is InChI=1S/C11H7N3O3/c15-11(16)6-1-2-7-9(5-6)13-10(12-7)8-3-4-17-14-8/h1-5H,(H,12,13)(H,15,16). The number of benzene rings is 1. The number of rotatable bonds is 2. The Morgan fingerprint density at radius 3 is 2.94 bits per heavy atom. The fourth-order valence-corrected chi connectivity index (χ4v) is 1.60. The highest BCUT2D eigenvalue weighted by atomic mass is 16.5. The fourth-order valence-electron chi connectivity index (χ4n) is 1.60. The molecular weight excluding hydrogens is 222 g/mol. The Bertz CT molecular complexity index is 685. The topological polar surface area (TPSA) is 92.0 Å². The van der Waals surface area contributed by atoms with Gasteiger partial charge in [-0.1, -0.05) is 5.16 Å². The number of nitrogens with zero attached hydrogens (tertiary/aromatic N) is 2. The molecule has 0 fully saturated rings. The van der Waals surface area contributed by atoms with Crippen LogP contribution in [0.3, 0.4) is 0 Å². The number of hydrogen-bond donors (Lipinski definition) is 2. The summed E-state index contributed by atoms with van der Waals surface area (Å²) in [5.74, 6) is -0.416. The molecule has 6 heteroatoms. The van der Waals surface area contributed by atoms with Crippen LogP contribution in [0.5, 0.6) is 0 Å². The van der Waals surface area contributed by atoms with Crippen LogP contribution in [0.4, 0.5) is 0 Å². The van der Waals surface area contributed by atoms with Crippen LogP contribution in [-0.4, -0.2) is 26.2 Å². The third-order valence-corrected chi connectivity index (χ3v) is 2.41. The first kappa shape index (κ1) is 9.59. The van der Waals surface area contributed by atoms with Crippen LogP contribution in [0.25, 0.3) is 22.6 Å². The number of carbonyl (C=O) groups is 1. The molecule has 0 saturated heterocycles. The van der Waals surface area contributed by atoms with Crippen molar-refractivity contribution in [1.82, 2.24) is 15.1 Å². The molecule has 2 heterocycles. The zero-order valence-electron chi connectivity index (χ0n) is 8.54. The van der Waals surface area contributed by atoms with Gasteiger partial charge >= 0.3 is 5.97 Å². The van der Waals surface area contributed by atoms with E-state index >= 15 is 0 Å². The number of fused-ring (bicyclic) bond motifs is 1. The third kappa shape index (κ3) is 1.55. The molecule has 0 spiro atoms. The molecule has 0 atom stereocenters. The lowest BCUT2D eigenvalue weighted by atomic mass is 10.2. The molecule has 0 radical (unpaired) electrons. The number of aromatic amines is 1. The number of H-pyrrole nitrogens is 1. The molecule has 2 aromatic heterocycles. The first-order chi connectivity index (χ1) is 8.24. The molecule has 0 amide bonds. The lowest BCUT2D eigenvalue weighted by Gasteiger charge is -1.92. The van der Waals surface area contributed by atoms with Crippen molar-refractivity contribution in [1.29, 1.82) is 0 Å². The van der Waals surface area contributed by atoms with Crippen LogP contribution in [-0.2, 0) is 0 Å². The Kier molecular flexibility index (Phi) is 1.94. The van der Waals surface area contributed by atoms with Gasteiger partial charge in [0.1, 0.15) is 12.0 Å². The van der Waals surface area contributed by atoms with E-state index in [0.29, 0.717) is 22.6 Å². The smallest absolute Gasteiger partial charge is 0.335 e. The van der Waals surface area contributed by atoms with Gasteiger partial charge in [0.05, 0.1) is 16.6 Å². The second-order valence-electron chi connectivity index (χ2n) is 3.51. The SMILES string of the molecule is O=C(O)c1ccc2nc(-c3ccon3)[nH]c2c1. The van der Waals surface area contributed by atoms with Gasteiger partial charge in [-0.05, 0) is 18.2 Å². The van der Waals surface area contributed by atoms with Crippen molar-refractivity contribution in [3.05, 3.63) is 36.1 Å². The van der Waals surface area contributed by atoms with E-state index in [9.17, 15) is 4.79 Å². The number of imidazole rings is 1. The molecule has 0 aliphatic heterocycles. The average molecular weight is 229 g/mol. The maximum atomic E-state index is 10.8. The summed E-state index contributed by atoms with van der Waals surface area (Å²) in [7, 11) is 0. The summed E-state index contributed by atoms with van der Waals surface area (Å²) in [6.07, 6.45) is 1.45. The maximum absolute atomic E-state index is 10.8. The Morgan fingerprint density at radius 1 is 1.35 bits per heavy atom. The number of carboxylic acid groups (broad SMARTS) is 1. The van der Waals surface area contributed by atoms with Crippen molar-refractivity contribution in [3.63, 3.8) is 0 Å². The summed E-state index contributed by atoms with van der Waals surface area (Å²) >= 11 is 0. The van der Waals surface area contributed by atoms with E-state index in [0.717, 1.165) is 0 Å². The van der Waals surface area contributed by atoms with Crippen molar-refractivity contribution in [2.45, 2.75) is 0 Å². The largest absolute Gasteiger partial charge is 0.478 e. The Balaban J connectivity index is 2.16. The van der Waals surface area contributed by atoms with Gasteiger partial charge < -0.3 is 14.6 Å². The van der Waals surface area contributed by atoms with Gasteiger partial charge in [0, 0.05) is 6.07 Å². The van der Waals surface area contributed by atoms with Crippen LogP contribution in [0.15, 0.2) is 35.1 Å². The van der Waals surface area contributed by atoms with Gasteiger partial charge in [0.2, 0.25) is 0 Å². The normalized spacial score (nSPS) is 10.8. The zero-order valence-corrected chi connectivity index (χ0v) is 8.54. The number of nitrogens with one attached hydrogen (secondary N) is 1. The van der Waals surface area contributed by atoms with Gasteiger partial charge in [-0.25, -0.2) is 9.78 Å². The van der Waals surface area contributed by atoms with Gasteiger partial charge in [-0.15, -0.1) is 0 Å². The van der Waals surface area contributed by atoms with E-state index in [1.54, 1.807) is 12.1 Å². The first-order valence-corrected chi connectivity index (χ1v) is 4.88. The maximum Gasteiger partial charge on any atom is 0.335 e.